The van der Waals surface area contributed by atoms with Crippen LogP contribution in [0.4, 0.5) is 15.8 Å². The molecule has 160 valence electrons. The molecule has 0 aromatic heterocycles. The number of carbonyl (C=O) groups is 1. The summed E-state index contributed by atoms with van der Waals surface area (Å²) in [6.07, 6.45) is 0.406. The number of sulfonamides is 1. The molecule has 1 heterocycles. The molecule has 1 amide bonds. The number of hydrogen-bond donors (Lipinski definition) is 1. The predicted octanol–water partition coefficient (Wildman–Crippen LogP) is 4.49. The molecule has 0 aliphatic carbocycles. The second-order valence-corrected chi connectivity index (χ2v) is 9.22. The summed E-state index contributed by atoms with van der Waals surface area (Å²) in [6.45, 7) is 0.157. The third-order valence-corrected chi connectivity index (χ3v) is 7.01. The SMILES string of the molecule is COc1cc(C(=O)Nc2cccc(Cl)c2)cc2c1CCN2S(=O)(=O)c1cccc(F)c1. The molecule has 0 bridgehead atoms. The third kappa shape index (κ3) is 4.08. The lowest BCUT2D eigenvalue weighted by atomic mass is 10.1. The summed E-state index contributed by atoms with van der Waals surface area (Å²) in [5.74, 6) is -0.684. The topological polar surface area (TPSA) is 75.7 Å². The number of fused-ring (bicyclic) bond motifs is 1. The average molecular weight is 461 g/mol. The number of ether oxygens (including phenoxy) is 1. The minimum Gasteiger partial charge on any atom is -0.496 e. The monoisotopic (exact) mass is 460 g/mol. The van der Waals surface area contributed by atoms with Gasteiger partial charge in [-0.3, -0.25) is 9.10 Å². The van der Waals surface area contributed by atoms with E-state index in [1.165, 1.54) is 35.7 Å². The molecule has 0 unspecified atom stereocenters. The number of carbonyl (C=O) groups excluding carboxylic acids is 1. The van der Waals surface area contributed by atoms with Crippen LogP contribution in [-0.4, -0.2) is 28.0 Å². The van der Waals surface area contributed by atoms with Crippen molar-refractivity contribution in [3.63, 3.8) is 0 Å². The molecule has 0 fully saturated rings. The Balaban J connectivity index is 1.73. The first-order valence-electron chi connectivity index (χ1n) is 9.36. The van der Waals surface area contributed by atoms with Crippen LogP contribution in [0.25, 0.3) is 0 Å². The van der Waals surface area contributed by atoms with Gasteiger partial charge in [-0.15, -0.1) is 0 Å². The smallest absolute Gasteiger partial charge is 0.264 e. The van der Waals surface area contributed by atoms with Gasteiger partial charge in [-0.2, -0.15) is 0 Å². The van der Waals surface area contributed by atoms with Gasteiger partial charge in [-0.05, 0) is 55.0 Å². The summed E-state index contributed by atoms with van der Waals surface area (Å²) in [6, 6.07) is 14.6. The zero-order chi connectivity index (χ0) is 22.2. The van der Waals surface area contributed by atoms with Gasteiger partial charge in [0, 0.05) is 28.4 Å². The van der Waals surface area contributed by atoms with Crippen LogP contribution in [0.5, 0.6) is 5.75 Å². The lowest BCUT2D eigenvalue weighted by Gasteiger charge is -2.21. The molecule has 0 saturated carbocycles. The van der Waals surface area contributed by atoms with Gasteiger partial charge in [-0.25, -0.2) is 12.8 Å². The molecule has 4 rings (SSSR count). The van der Waals surface area contributed by atoms with Gasteiger partial charge in [-0.1, -0.05) is 23.7 Å². The van der Waals surface area contributed by atoms with E-state index in [0.717, 1.165) is 6.07 Å². The van der Waals surface area contributed by atoms with E-state index < -0.39 is 21.7 Å². The number of amides is 1. The molecule has 9 heteroatoms. The summed E-state index contributed by atoms with van der Waals surface area (Å²) in [5, 5.41) is 3.21. The van der Waals surface area contributed by atoms with Crippen molar-refractivity contribution in [1.82, 2.24) is 0 Å². The van der Waals surface area contributed by atoms with Crippen molar-refractivity contribution in [1.29, 1.82) is 0 Å². The van der Waals surface area contributed by atoms with E-state index in [1.807, 2.05) is 0 Å². The van der Waals surface area contributed by atoms with Crippen molar-refractivity contribution in [3.8, 4) is 5.75 Å². The maximum absolute atomic E-state index is 13.6. The van der Waals surface area contributed by atoms with Crippen LogP contribution in [0.15, 0.2) is 65.6 Å². The van der Waals surface area contributed by atoms with Crippen molar-refractivity contribution in [2.24, 2.45) is 0 Å². The van der Waals surface area contributed by atoms with Crippen molar-refractivity contribution in [2.45, 2.75) is 11.3 Å². The van der Waals surface area contributed by atoms with Crippen molar-refractivity contribution >= 4 is 38.9 Å². The Morgan fingerprint density at radius 1 is 1.13 bits per heavy atom. The molecule has 1 aliphatic heterocycles. The summed E-state index contributed by atoms with van der Waals surface area (Å²) in [5.41, 5.74) is 1.72. The van der Waals surface area contributed by atoms with Crippen molar-refractivity contribution in [3.05, 3.63) is 82.6 Å². The Morgan fingerprint density at radius 2 is 1.90 bits per heavy atom. The van der Waals surface area contributed by atoms with E-state index in [-0.39, 0.29) is 17.0 Å². The molecule has 3 aromatic rings. The third-order valence-electron chi connectivity index (χ3n) is 4.97. The predicted molar refractivity (Wildman–Crippen MR) is 117 cm³/mol. The van der Waals surface area contributed by atoms with Gasteiger partial charge in [0.1, 0.15) is 11.6 Å². The maximum atomic E-state index is 13.6. The molecule has 0 atom stereocenters. The minimum atomic E-state index is -4.02. The minimum absolute atomic E-state index is 0.157. The fraction of sp³-hybridized carbons (Fsp3) is 0.136. The lowest BCUT2D eigenvalue weighted by molar-refractivity contribution is 0.102. The zero-order valence-corrected chi connectivity index (χ0v) is 18.0. The molecule has 1 N–H and O–H groups in total. The quantitative estimate of drug-likeness (QED) is 0.608. The van der Waals surface area contributed by atoms with Gasteiger partial charge in [0.05, 0.1) is 17.7 Å². The Hall–Kier alpha value is -3.10. The molecule has 1 aliphatic rings. The fourth-order valence-electron chi connectivity index (χ4n) is 3.53. The number of rotatable bonds is 5. The number of anilines is 2. The Morgan fingerprint density at radius 3 is 2.61 bits per heavy atom. The fourth-order valence-corrected chi connectivity index (χ4v) is 5.24. The molecular weight excluding hydrogens is 443 g/mol. The first-order chi connectivity index (χ1) is 14.8. The number of benzene rings is 3. The normalized spacial score (nSPS) is 13.1. The molecule has 6 nitrogen and oxygen atoms in total. The van der Waals surface area contributed by atoms with E-state index in [4.69, 9.17) is 16.3 Å². The highest BCUT2D eigenvalue weighted by Crippen LogP contribution is 2.39. The number of hydrogen-bond acceptors (Lipinski definition) is 4. The Bertz CT molecular complexity index is 1280. The van der Waals surface area contributed by atoms with Crippen molar-refractivity contribution in [2.75, 3.05) is 23.3 Å². The molecule has 0 radical (unpaired) electrons. The molecule has 31 heavy (non-hydrogen) atoms. The summed E-state index contributed by atoms with van der Waals surface area (Å²) in [4.78, 5) is 12.7. The van der Waals surface area contributed by atoms with E-state index in [0.29, 0.717) is 34.1 Å². The first kappa shape index (κ1) is 21.1. The van der Waals surface area contributed by atoms with Gasteiger partial charge < -0.3 is 10.1 Å². The highest BCUT2D eigenvalue weighted by Gasteiger charge is 2.34. The summed E-state index contributed by atoms with van der Waals surface area (Å²) < 4.78 is 46.6. The van der Waals surface area contributed by atoms with Crippen LogP contribution < -0.4 is 14.4 Å². The number of methoxy groups -OCH3 is 1. The van der Waals surface area contributed by atoms with Crippen LogP contribution in [0.2, 0.25) is 5.02 Å². The van der Waals surface area contributed by atoms with E-state index in [9.17, 15) is 17.6 Å². The molecule has 3 aromatic carbocycles. The highest BCUT2D eigenvalue weighted by molar-refractivity contribution is 7.92. The first-order valence-corrected chi connectivity index (χ1v) is 11.2. The summed E-state index contributed by atoms with van der Waals surface area (Å²) >= 11 is 5.97. The second-order valence-electron chi connectivity index (χ2n) is 6.93. The van der Waals surface area contributed by atoms with Crippen LogP contribution in [0.3, 0.4) is 0 Å². The molecular formula is C22H18ClFN2O4S. The number of nitrogens with one attached hydrogen (secondary N) is 1. The maximum Gasteiger partial charge on any atom is 0.264 e. The second kappa shape index (κ2) is 8.20. The number of halogens is 2. The van der Waals surface area contributed by atoms with Crippen LogP contribution in [0, 0.1) is 5.82 Å². The van der Waals surface area contributed by atoms with Crippen LogP contribution >= 0.6 is 11.6 Å². The zero-order valence-electron chi connectivity index (χ0n) is 16.4. The van der Waals surface area contributed by atoms with Crippen LogP contribution in [-0.2, 0) is 16.4 Å². The average Bonchev–Trinajstić information content (AvgIpc) is 3.18. The standard InChI is InChI=1S/C22H18ClFN2O4S/c1-30-21-11-14(22(27)25-17-6-2-4-15(23)12-17)10-20-19(21)8-9-26(20)31(28,29)18-7-3-5-16(24)13-18/h2-7,10-13H,8-9H2,1H3,(H,25,27). The van der Waals surface area contributed by atoms with E-state index >= 15 is 0 Å². The lowest BCUT2D eigenvalue weighted by Crippen LogP contribution is -2.29. The Kier molecular flexibility index (Phi) is 5.60. The van der Waals surface area contributed by atoms with Crippen molar-refractivity contribution < 1.29 is 22.3 Å². The largest absolute Gasteiger partial charge is 0.496 e. The highest BCUT2D eigenvalue weighted by atomic mass is 35.5. The van der Waals surface area contributed by atoms with E-state index in [1.54, 1.807) is 30.3 Å². The number of nitrogens with zero attached hydrogens (tertiary/aromatic N) is 1. The van der Waals surface area contributed by atoms with E-state index in [2.05, 4.69) is 5.32 Å². The summed E-state index contributed by atoms with van der Waals surface area (Å²) in [7, 11) is -2.56. The molecule has 0 spiro atoms. The van der Waals surface area contributed by atoms with Gasteiger partial charge in [0.15, 0.2) is 0 Å². The van der Waals surface area contributed by atoms with Gasteiger partial charge in [0.25, 0.3) is 15.9 Å². The van der Waals surface area contributed by atoms with Gasteiger partial charge >= 0.3 is 0 Å². The molecule has 0 saturated heterocycles. The Labute approximate surface area is 184 Å². The van der Waals surface area contributed by atoms with Crippen LogP contribution in [0.1, 0.15) is 15.9 Å². The van der Waals surface area contributed by atoms with Gasteiger partial charge in [0.2, 0.25) is 0 Å².